The smallest absolute Gasteiger partial charge is 0.319 e. The highest BCUT2D eigenvalue weighted by Crippen LogP contribution is 2.46. The van der Waals surface area contributed by atoms with Crippen LogP contribution in [-0.2, 0) is 0 Å². The minimum Gasteiger partial charge on any atom is -0.533 e. The van der Waals surface area contributed by atoms with E-state index >= 15 is 4.39 Å². The Morgan fingerprint density at radius 2 is 1.40 bits per heavy atom. The van der Waals surface area contributed by atoms with Gasteiger partial charge in [0.1, 0.15) is 11.6 Å². The maximum absolute atomic E-state index is 16.4. The fraction of sp³-hybridized carbons (Fsp3) is 0.350. The van der Waals surface area contributed by atoms with Crippen LogP contribution in [0.25, 0.3) is 21.9 Å². The van der Waals surface area contributed by atoms with E-state index in [-0.39, 0.29) is 10.9 Å². The SMILES string of the molecule is CC(C)(C)[Si](Oc1cccc(F)c1-c1cc2c(C3CCCC3)nnc(N3CCCCC3)c2cc1Cl)(c1ccccc1)c1ccccc1. The molecule has 4 nitrogen and oxygen atoms in total. The van der Waals surface area contributed by atoms with E-state index in [4.69, 9.17) is 26.2 Å². The number of halogens is 2. The number of hydrogen-bond acceptors (Lipinski definition) is 4. The summed E-state index contributed by atoms with van der Waals surface area (Å²) >= 11 is 7.22. The van der Waals surface area contributed by atoms with E-state index in [1.54, 1.807) is 6.07 Å². The molecule has 2 heterocycles. The van der Waals surface area contributed by atoms with Crippen molar-refractivity contribution in [2.75, 3.05) is 18.0 Å². The quantitative estimate of drug-likeness (QED) is 0.163. The van der Waals surface area contributed by atoms with Crippen molar-refractivity contribution in [2.24, 2.45) is 0 Å². The molecule has 0 radical (unpaired) electrons. The van der Waals surface area contributed by atoms with Gasteiger partial charge in [-0.3, -0.25) is 0 Å². The highest BCUT2D eigenvalue weighted by atomic mass is 35.5. The maximum atomic E-state index is 16.4. The molecule has 1 aliphatic carbocycles. The Balaban J connectivity index is 1.45. The van der Waals surface area contributed by atoms with Crippen LogP contribution in [0.3, 0.4) is 0 Å². The summed E-state index contributed by atoms with van der Waals surface area (Å²) in [7, 11) is -3.05. The lowest BCUT2D eigenvalue weighted by atomic mass is 9.94. The largest absolute Gasteiger partial charge is 0.533 e. The Labute approximate surface area is 284 Å². The molecule has 0 atom stereocenters. The number of nitrogens with zero attached hydrogens (tertiary/aromatic N) is 3. The summed E-state index contributed by atoms with van der Waals surface area (Å²) < 4.78 is 23.8. The van der Waals surface area contributed by atoms with E-state index in [2.05, 4.69) is 80.3 Å². The van der Waals surface area contributed by atoms with Crippen LogP contribution in [0.15, 0.2) is 91.0 Å². The van der Waals surface area contributed by atoms with Gasteiger partial charge in [-0.2, -0.15) is 5.10 Å². The molecule has 0 bridgehead atoms. The molecule has 1 aromatic heterocycles. The van der Waals surface area contributed by atoms with Crippen molar-refractivity contribution < 1.29 is 8.82 Å². The maximum Gasteiger partial charge on any atom is 0.319 e. The van der Waals surface area contributed by atoms with Crippen molar-refractivity contribution in [2.45, 2.75) is 76.7 Å². The minimum atomic E-state index is -3.05. The van der Waals surface area contributed by atoms with Crippen molar-refractivity contribution in [1.82, 2.24) is 10.2 Å². The van der Waals surface area contributed by atoms with Crippen LogP contribution in [0, 0.1) is 5.82 Å². The van der Waals surface area contributed by atoms with Gasteiger partial charge in [-0.15, -0.1) is 5.10 Å². The van der Waals surface area contributed by atoms with Gasteiger partial charge < -0.3 is 9.33 Å². The van der Waals surface area contributed by atoms with E-state index in [1.165, 1.54) is 25.3 Å². The molecule has 1 saturated carbocycles. The first-order chi connectivity index (χ1) is 22.8. The Kier molecular flexibility index (Phi) is 8.84. The van der Waals surface area contributed by atoms with Gasteiger partial charge in [0.15, 0.2) is 5.82 Å². The minimum absolute atomic E-state index is 0.291. The average Bonchev–Trinajstić information content (AvgIpc) is 3.62. The lowest BCUT2D eigenvalue weighted by molar-refractivity contribution is 0.504. The van der Waals surface area contributed by atoms with Crippen LogP contribution >= 0.6 is 11.6 Å². The summed E-state index contributed by atoms with van der Waals surface area (Å²) in [4.78, 5) is 2.34. The Morgan fingerprint density at radius 3 is 2.02 bits per heavy atom. The number of piperidine rings is 1. The first kappa shape index (κ1) is 31.8. The topological polar surface area (TPSA) is 38.3 Å². The fourth-order valence-electron chi connectivity index (χ4n) is 7.88. The van der Waals surface area contributed by atoms with Crippen LogP contribution < -0.4 is 19.7 Å². The summed E-state index contributed by atoms with van der Waals surface area (Å²) in [5.74, 6) is 1.36. The first-order valence-corrected chi connectivity index (χ1v) is 19.4. The molecule has 0 amide bonds. The molecule has 242 valence electrons. The van der Waals surface area contributed by atoms with E-state index < -0.39 is 8.32 Å². The third kappa shape index (κ3) is 5.84. The Hall–Kier alpha value is -3.74. The Morgan fingerprint density at radius 1 is 0.766 bits per heavy atom. The summed E-state index contributed by atoms with van der Waals surface area (Å²) in [5, 5.41) is 14.2. The van der Waals surface area contributed by atoms with Gasteiger partial charge >= 0.3 is 8.32 Å². The number of fused-ring (bicyclic) bond motifs is 1. The number of hydrogen-bond donors (Lipinski definition) is 0. The predicted molar refractivity (Wildman–Crippen MR) is 195 cm³/mol. The number of anilines is 1. The molecule has 0 N–H and O–H groups in total. The van der Waals surface area contributed by atoms with Gasteiger partial charge in [-0.1, -0.05) is 112 Å². The van der Waals surface area contributed by atoms with Crippen LogP contribution in [0.4, 0.5) is 10.2 Å². The van der Waals surface area contributed by atoms with Gasteiger partial charge in [0.25, 0.3) is 0 Å². The van der Waals surface area contributed by atoms with Crippen LogP contribution in [-0.4, -0.2) is 31.6 Å². The van der Waals surface area contributed by atoms with Gasteiger partial charge in [-0.25, -0.2) is 4.39 Å². The Bertz CT molecular complexity index is 1830. The molecule has 47 heavy (non-hydrogen) atoms. The van der Waals surface area contributed by atoms with E-state index in [0.29, 0.717) is 27.8 Å². The van der Waals surface area contributed by atoms with Crippen LogP contribution in [0.1, 0.15) is 77.3 Å². The number of benzene rings is 4. The van der Waals surface area contributed by atoms with Gasteiger partial charge in [-0.05, 0) is 71.8 Å². The summed E-state index contributed by atoms with van der Waals surface area (Å²) in [6, 6.07) is 30.2. The molecule has 0 spiro atoms. The molecule has 1 aliphatic heterocycles. The van der Waals surface area contributed by atoms with Crippen molar-refractivity contribution in [3.63, 3.8) is 0 Å². The van der Waals surface area contributed by atoms with Crippen LogP contribution in [0.2, 0.25) is 10.1 Å². The molecular weight excluding hydrogens is 621 g/mol. The molecule has 0 unspecified atom stereocenters. The second kappa shape index (κ2) is 13.0. The lowest BCUT2D eigenvalue weighted by Gasteiger charge is -2.43. The highest BCUT2D eigenvalue weighted by Gasteiger charge is 2.52. The molecule has 5 aromatic rings. The van der Waals surface area contributed by atoms with Crippen molar-refractivity contribution in [3.8, 4) is 16.9 Å². The number of aromatic nitrogens is 2. The fourth-order valence-corrected chi connectivity index (χ4v) is 12.6. The third-order valence-corrected chi connectivity index (χ3v) is 15.4. The summed E-state index contributed by atoms with van der Waals surface area (Å²) in [6.07, 6.45) is 8.06. The monoisotopic (exact) mass is 663 g/mol. The summed E-state index contributed by atoms with van der Waals surface area (Å²) in [5.41, 5.74) is 2.02. The zero-order valence-corrected chi connectivity index (χ0v) is 29.4. The average molecular weight is 664 g/mol. The van der Waals surface area contributed by atoms with Crippen LogP contribution in [0.5, 0.6) is 5.75 Å². The van der Waals surface area contributed by atoms with Gasteiger partial charge in [0.2, 0.25) is 0 Å². The second-order valence-electron chi connectivity index (χ2n) is 14.2. The zero-order valence-electron chi connectivity index (χ0n) is 27.6. The van der Waals surface area contributed by atoms with E-state index in [0.717, 1.165) is 71.4 Å². The van der Waals surface area contributed by atoms with E-state index in [9.17, 15) is 0 Å². The van der Waals surface area contributed by atoms with Crippen molar-refractivity contribution in [3.05, 3.63) is 108 Å². The van der Waals surface area contributed by atoms with Gasteiger partial charge in [0, 0.05) is 40.4 Å². The third-order valence-electron chi connectivity index (χ3n) is 10.2. The number of rotatable bonds is 7. The van der Waals surface area contributed by atoms with E-state index in [1.807, 2.05) is 24.3 Å². The summed E-state index contributed by atoms with van der Waals surface area (Å²) in [6.45, 7) is 8.60. The zero-order chi connectivity index (χ0) is 32.6. The van der Waals surface area contributed by atoms with Gasteiger partial charge in [0.05, 0.1) is 11.3 Å². The molecule has 4 aromatic carbocycles. The second-order valence-corrected chi connectivity index (χ2v) is 18.8. The molecular formula is C40H43ClFN3OSi. The molecule has 1 saturated heterocycles. The highest BCUT2D eigenvalue weighted by molar-refractivity contribution is 7.00. The first-order valence-electron chi connectivity index (χ1n) is 17.1. The standard InChI is InChI=1S/C40H43ClFN3OSi/c1-40(2,3)47(29-18-7-4-8-19-29,30-20-9-5-10-21-30)46-36-23-15-22-35(42)37(36)33-26-31-32(27-34(33)41)39(45-24-13-6-14-25-45)44-43-38(31)28-16-11-12-17-28/h4-5,7-10,15,18-23,26-28H,6,11-14,16-17,24-25H2,1-3H3. The molecule has 2 aliphatic rings. The van der Waals surface area contributed by atoms with Crippen molar-refractivity contribution in [1.29, 1.82) is 0 Å². The normalized spacial score (nSPS) is 16.1. The lowest BCUT2D eigenvalue weighted by Crippen LogP contribution is -2.68. The molecule has 7 rings (SSSR count). The molecule has 7 heteroatoms. The van der Waals surface area contributed by atoms with Crippen molar-refractivity contribution >= 4 is 46.9 Å². The molecule has 2 fully saturated rings. The predicted octanol–water partition coefficient (Wildman–Crippen LogP) is 9.68.